The van der Waals surface area contributed by atoms with Gasteiger partial charge in [-0.05, 0) is 60.0 Å². The Hall–Kier alpha value is -4.90. The molecule has 0 aromatic heterocycles. The molecule has 4 rings (SSSR count). The van der Waals surface area contributed by atoms with E-state index in [0.717, 1.165) is 11.3 Å². The van der Waals surface area contributed by atoms with Crippen molar-refractivity contribution in [3.8, 4) is 17.2 Å². The number of non-ortho nitro benzene ring substituents is 1. The third-order valence-corrected chi connectivity index (χ3v) is 6.02. The predicted octanol–water partition coefficient (Wildman–Crippen LogP) is 5.29. The molecule has 1 aliphatic rings. The summed E-state index contributed by atoms with van der Waals surface area (Å²) in [7, 11) is 1.38. The molecule has 0 unspecified atom stereocenters. The first-order chi connectivity index (χ1) is 19.2. The fourth-order valence-corrected chi connectivity index (χ4v) is 4.12. The third kappa shape index (κ3) is 6.21. The van der Waals surface area contributed by atoms with Gasteiger partial charge >= 0.3 is 6.03 Å². The number of nitro benzene ring substituents is 1. The summed E-state index contributed by atoms with van der Waals surface area (Å²) in [5, 5.41) is 13.3. The maximum absolute atomic E-state index is 13.3. The number of carbonyl (C=O) groups is 3. The number of methoxy groups -OCH3 is 1. The van der Waals surface area contributed by atoms with Gasteiger partial charge < -0.3 is 14.2 Å². The van der Waals surface area contributed by atoms with Crippen molar-refractivity contribution >= 4 is 46.9 Å². The van der Waals surface area contributed by atoms with E-state index in [1.54, 1.807) is 36.4 Å². The number of nitrogens with one attached hydrogen (secondary N) is 1. The minimum Gasteiger partial charge on any atom is -0.494 e. The van der Waals surface area contributed by atoms with Crippen LogP contribution in [0.2, 0.25) is 5.02 Å². The van der Waals surface area contributed by atoms with Crippen LogP contribution in [0, 0.1) is 10.1 Å². The topological polar surface area (TPSA) is 137 Å². The van der Waals surface area contributed by atoms with Crippen molar-refractivity contribution in [1.82, 2.24) is 5.32 Å². The molecular weight excluding hydrogens is 542 g/mol. The summed E-state index contributed by atoms with van der Waals surface area (Å²) in [5.74, 6) is -0.743. The number of ether oxygens (including phenoxy) is 3. The van der Waals surface area contributed by atoms with Crippen LogP contribution < -0.4 is 24.4 Å². The standard InChI is InChI=1S/C28H24ClN3O8/c1-3-11-39-21-9-7-19(8-10-21)31-27(34)22(26(33)30-28(31)35)13-18-14-23(29)25(24(15-18)38-2)40-16-17-5-4-6-20(12-17)32(36)37/h4-10,12-15H,3,11,16H2,1-2H3,(H,30,33,35)/b22-13-. The van der Waals surface area contributed by atoms with Crippen LogP contribution in [0.1, 0.15) is 24.5 Å². The van der Waals surface area contributed by atoms with Gasteiger partial charge in [0.05, 0.1) is 29.4 Å². The van der Waals surface area contributed by atoms with E-state index in [-0.39, 0.29) is 40.1 Å². The lowest BCUT2D eigenvalue weighted by Crippen LogP contribution is -2.54. The van der Waals surface area contributed by atoms with E-state index in [1.807, 2.05) is 6.92 Å². The third-order valence-electron chi connectivity index (χ3n) is 5.74. The highest BCUT2D eigenvalue weighted by Crippen LogP contribution is 2.38. The summed E-state index contributed by atoms with van der Waals surface area (Å²) in [4.78, 5) is 49.8. The molecule has 3 aromatic carbocycles. The van der Waals surface area contributed by atoms with Crippen LogP contribution in [-0.4, -0.2) is 36.5 Å². The van der Waals surface area contributed by atoms with Gasteiger partial charge in [0.25, 0.3) is 17.5 Å². The van der Waals surface area contributed by atoms with Crippen molar-refractivity contribution in [2.75, 3.05) is 18.6 Å². The molecule has 206 valence electrons. The first kappa shape index (κ1) is 28.1. The first-order valence-electron chi connectivity index (χ1n) is 12.1. The average Bonchev–Trinajstić information content (AvgIpc) is 2.94. The summed E-state index contributed by atoms with van der Waals surface area (Å²) in [6.07, 6.45) is 2.11. The Morgan fingerprint density at radius 1 is 1.05 bits per heavy atom. The summed E-state index contributed by atoms with van der Waals surface area (Å²) in [5.41, 5.74) is 0.753. The molecule has 0 saturated carbocycles. The molecule has 1 aliphatic heterocycles. The van der Waals surface area contributed by atoms with Gasteiger partial charge in [0, 0.05) is 12.1 Å². The van der Waals surface area contributed by atoms with Gasteiger partial charge in [-0.2, -0.15) is 0 Å². The lowest BCUT2D eigenvalue weighted by molar-refractivity contribution is -0.384. The van der Waals surface area contributed by atoms with Crippen LogP contribution in [0.15, 0.2) is 66.2 Å². The normalized spacial score (nSPS) is 14.2. The monoisotopic (exact) mass is 565 g/mol. The number of nitro groups is 1. The molecule has 1 saturated heterocycles. The molecule has 0 spiro atoms. The Bertz CT molecular complexity index is 1500. The molecule has 3 aromatic rings. The molecule has 0 aliphatic carbocycles. The number of hydrogen-bond acceptors (Lipinski definition) is 8. The number of carbonyl (C=O) groups excluding carboxylic acids is 3. The minimum absolute atomic E-state index is 0.0293. The number of barbiturate groups is 1. The van der Waals surface area contributed by atoms with E-state index in [0.29, 0.717) is 23.5 Å². The van der Waals surface area contributed by atoms with Crippen molar-refractivity contribution in [3.05, 3.63) is 92.5 Å². The lowest BCUT2D eigenvalue weighted by atomic mass is 10.1. The van der Waals surface area contributed by atoms with E-state index in [9.17, 15) is 24.5 Å². The van der Waals surface area contributed by atoms with Crippen LogP contribution >= 0.6 is 11.6 Å². The smallest absolute Gasteiger partial charge is 0.335 e. The van der Waals surface area contributed by atoms with Crippen molar-refractivity contribution < 1.29 is 33.5 Å². The Kier molecular flexibility index (Phi) is 8.65. The fourth-order valence-electron chi connectivity index (χ4n) is 3.85. The summed E-state index contributed by atoms with van der Waals surface area (Å²) in [6.45, 7) is 2.46. The molecule has 0 bridgehead atoms. The van der Waals surface area contributed by atoms with Crippen LogP contribution in [0.4, 0.5) is 16.2 Å². The van der Waals surface area contributed by atoms with E-state index in [2.05, 4.69) is 5.32 Å². The zero-order valence-corrected chi connectivity index (χ0v) is 22.3. The minimum atomic E-state index is -0.880. The molecular formula is C28H24ClN3O8. The molecule has 40 heavy (non-hydrogen) atoms. The van der Waals surface area contributed by atoms with Gasteiger partial charge in [-0.25, -0.2) is 9.69 Å². The number of halogens is 1. The molecule has 0 atom stereocenters. The first-order valence-corrected chi connectivity index (χ1v) is 12.5. The zero-order chi connectivity index (χ0) is 28.8. The molecule has 12 heteroatoms. The second-order valence-electron chi connectivity index (χ2n) is 8.55. The molecule has 1 fully saturated rings. The predicted molar refractivity (Wildman–Crippen MR) is 147 cm³/mol. The molecule has 4 amide bonds. The summed E-state index contributed by atoms with van der Waals surface area (Å²) >= 11 is 6.45. The van der Waals surface area contributed by atoms with Crippen LogP contribution in [0.25, 0.3) is 6.08 Å². The van der Waals surface area contributed by atoms with Gasteiger partial charge in [0.2, 0.25) is 0 Å². The van der Waals surface area contributed by atoms with Crippen LogP contribution in [0.3, 0.4) is 0 Å². The number of anilines is 1. The number of urea groups is 1. The number of nitrogens with zero attached hydrogens (tertiary/aromatic N) is 2. The van der Waals surface area contributed by atoms with Crippen molar-refractivity contribution in [3.63, 3.8) is 0 Å². The maximum atomic E-state index is 13.3. The lowest BCUT2D eigenvalue weighted by Gasteiger charge is -2.26. The van der Waals surface area contributed by atoms with Gasteiger partial charge in [-0.15, -0.1) is 0 Å². The number of imide groups is 2. The van der Waals surface area contributed by atoms with E-state index in [4.69, 9.17) is 25.8 Å². The second-order valence-corrected chi connectivity index (χ2v) is 8.96. The maximum Gasteiger partial charge on any atom is 0.335 e. The zero-order valence-electron chi connectivity index (χ0n) is 21.5. The van der Waals surface area contributed by atoms with E-state index in [1.165, 1.54) is 37.5 Å². The molecule has 1 heterocycles. The molecule has 1 N–H and O–H groups in total. The Morgan fingerprint density at radius 2 is 1.80 bits per heavy atom. The highest BCUT2D eigenvalue weighted by Gasteiger charge is 2.37. The van der Waals surface area contributed by atoms with Gasteiger partial charge in [0.1, 0.15) is 17.9 Å². The van der Waals surface area contributed by atoms with Crippen molar-refractivity contribution in [2.45, 2.75) is 20.0 Å². The van der Waals surface area contributed by atoms with Crippen LogP contribution in [-0.2, 0) is 16.2 Å². The van der Waals surface area contributed by atoms with Crippen molar-refractivity contribution in [2.24, 2.45) is 0 Å². The highest BCUT2D eigenvalue weighted by atomic mass is 35.5. The average molecular weight is 566 g/mol. The summed E-state index contributed by atoms with van der Waals surface area (Å²) in [6, 6.07) is 14.4. The van der Waals surface area contributed by atoms with Gasteiger partial charge in [-0.1, -0.05) is 30.7 Å². The second kappa shape index (κ2) is 12.3. The van der Waals surface area contributed by atoms with Gasteiger partial charge in [0.15, 0.2) is 11.5 Å². The highest BCUT2D eigenvalue weighted by molar-refractivity contribution is 6.39. The molecule has 0 radical (unpaired) electrons. The van der Waals surface area contributed by atoms with Crippen molar-refractivity contribution in [1.29, 1.82) is 0 Å². The van der Waals surface area contributed by atoms with Gasteiger partial charge in [-0.3, -0.25) is 25.0 Å². The number of amides is 4. The Morgan fingerprint density at radius 3 is 2.48 bits per heavy atom. The Balaban J connectivity index is 1.59. The summed E-state index contributed by atoms with van der Waals surface area (Å²) < 4.78 is 16.7. The SMILES string of the molecule is CCCOc1ccc(N2C(=O)NC(=O)/C(=C/c3cc(Cl)c(OCc4cccc([N+](=O)[O-])c4)c(OC)c3)C2=O)cc1. The fraction of sp³-hybridized carbons (Fsp3) is 0.179. The Labute approximate surface area is 234 Å². The van der Waals surface area contributed by atoms with Crippen LogP contribution in [0.5, 0.6) is 17.2 Å². The number of benzene rings is 3. The number of rotatable bonds is 10. The number of hydrogen-bond donors (Lipinski definition) is 1. The molecule has 11 nitrogen and oxygen atoms in total. The van der Waals surface area contributed by atoms with E-state index < -0.39 is 22.8 Å². The quantitative estimate of drug-likeness (QED) is 0.151. The van der Waals surface area contributed by atoms with E-state index >= 15 is 0 Å². The largest absolute Gasteiger partial charge is 0.494 e.